The van der Waals surface area contributed by atoms with Gasteiger partial charge in [-0.05, 0) is 51.7 Å². The average Bonchev–Trinajstić information content (AvgIpc) is 3.48. The summed E-state index contributed by atoms with van der Waals surface area (Å²) in [4.78, 5) is 38.3. The smallest absolute Gasteiger partial charge is 0.756 e. The molecule has 0 aliphatic carbocycles. The van der Waals surface area contributed by atoms with Gasteiger partial charge in [0.15, 0.2) is 0 Å². The Kier molecular flexibility index (Phi) is 24.9. The summed E-state index contributed by atoms with van der Waals surface area (Å²) < 4.78 is 35.7. The van der Waals surface area contributed by atoms with Crippen molar-refractivity contribution in [2.24, 2.45) is 0 Å². The standard InChI is InChI=1S/C33H61N2O8PS.Na/c1-5-7-9-11-12-13-15-17-24-45-30(19-16-14-10-8-6-2)28(4)40-22-18-23-41-44(38,39)42-26-29-20-21-31(43-29)35-25-27(3)32(36)34-33(35)37;/h25,28-31H,5-24,26H2,1-4H3,(H,38,39)(H,34,36,37);/q;+1/p-1/t28?,29-,30?,31+;/m0./s1. The van der Waals surface area contributed by atoms with Gasteiger partial charge >= 0.3 is 35.2 Å². The number of phosphoric acid groups is 1. The first-order valence-electron chi connectivity index (χ1n) is 17.5. The molecular weight excluding hydrogens is 638 g/mol. The Morgan fingerprint density at radius 2 is 1.59 bits per heavy atom. The number of nitrogens with one attached hydrogen (secondary N) is 1. The second-order valence-electron chi connectivity index (χ2n) is 12.4. The summed E-state index contributed by atoms with van der Waals surface area (Å²) in [7, 11) is -4.51. The molecule has 13 heteroatoms. The molecule has 1 aromatic heterocycles. The summed E-state index contributed by atoms with van der Waals surface area (Å²) in [5.74, 6) is 1.16. The summed E-state index contributed by atoms with van der Waals surface area (Å²) in [6, 6.07) is 0. The molecule has 3 unspecified atom stereocenters. The summed E-state index contributed by atoms with van der Waals surface area (Å²) in [5.41, 5.74) is -0.611. The Bertz CT molecular complexity index is 1090. The van der Waals surface area contributed by atoms with Gasteiger partial charge < -0.3 is 23.4 Å². The van der Waals surface area contributed by atoms with Crippen molar-refractivity contribution in [3.05, 3.63) is 32.6 Å². The van der Waals surface area contributed by atoms with Crippen LogP contribution < -0.4 is 45.7 Å². The van der Waals surface area contributed by atoms with E-state index in [0.717, 1.165) is 12.2 Å². The maximum atomic E-state index is 12.3. The first kappa shape index (κ1) is 44.1. The molecule has 0 amide bonds. The largest absolute Gasteiger partial charge is 1.00 e. The van der Waals surface area contributed by atoms with E-state index in [4.69, 9.17) is 18.5 Å². The summed E-state index contributed by atoms with van der Waals surface area (Å²) in [6.45, 7) is 8.45. The molecular formula is C33H60N2NaO8PS. The molecule has 2 heterocycles. The predicted octanol–water partition coefficient (Wildman–Crippen LogP) is 4.43. The van der Waals surface area contributed by atoms with Crippen molar-refractivity contribution < 1.29 is 57.5 Å². The van der Waals surface area contributed by atoms with Gasteiger partial charge in [0.25, 0.3) is 13.4 Å². The molecule has 0 radical (unpaired) electrons. The van der Waals surface area contributed by atoms with E-state index in [1.807, 2.05) is 11.8 Å². The van der Waals surface area contributed by atoms with Gasteiger partial charge in [-0.1, -0.05) is 90.9 Å². The molecule has 1 aliphatic rings. The zero-order chi connectivity index (χ0) is 32.9. The first-order valence-corrected chi connectivity index (χ1v) is 20.0. The third-order valence-corrected chi connectivity index (χ3v) is 10.9. The van der Waals surface area contributed by atoms with Crippen molar-refractivity contribution in [3.8, 4) is 0 Å². The Morgan fingerprint density at radius 1 is 0.957 bits per heavy atom. The summed E-state index contributed by atoms with van der Waals surface area (Å²) in [6.07, 6.45) is 20.0. The fraction of sp³-hybridized carbons (Fsp3) is 0.879. The van der Waals surface area contributed by atoms with Crippen molar-refractivity contribution >= 4 is 19.6 Å². The molecule has 10 nitrogen and oxygen atoms in total. The Balaban J connectivity index is 0.0000106. The molecule has 0 saturated carbocycles. The van der Waals surface area contributed by atoms with E-state index in [0.29, 0.717) is 36.7 Å². The quantitative estimate of drug-likeness (QED) is 0.0806. The summed E-state index contributed by atoms with van der Waals surface area (Å²) >= 11 is 2.04. The Morgan fingerprint density at radius 3 is 2.26 bits per heavy atom. The number of aryl methyl sites for hydroxylation is 1. The molecule has 1 N–H and O–H groups in total. The molecule has 0 bridgehead atoms. The molecule has 1 saturated heterocycles. The van der Waals surface area contributed by atoms with Crippen LogP contribution in [0.1, 0.15) is 142 Å². The van der Waals surface area contributed by atoms with Crippen LogP contribution in [0, 0.1) is 6.92 Å². The minimum absolute atomic E-state index is 0. The van der Waals surface area contributed by atoms with Crippen LogP contribution in [0.25, 0.3) is 0 Å². The van der Waals surface area contributed by atoms with Gasteiger partial charge in [-0.15, -0.1) is 0 Å². The number of thioether (sulfide) groups is 1. The molecule has 46 heavy (non-hydrogen) atoms. The number of phosphoric ester groups is 1. The Labute approximate surface area is 303 Å². The van der Waals surface area contributed by atoms with Crippen molar-refractivity contribution in [2.75, 3.05) is 25.6 Å². The third kappa shape index (κ3) is 18.7. The fourth-order valence-electron chi connectivity index (χ4n) is 5.51. The van der Waals surface area contributed by atoms with Gasteiger partial charge in [-0.25, -0.2) is 4.79 Å². The van der Waals surface area contributed by atoms with E-state index in [1.54, 1.807) is 6.92 Å². The number of hydrogen-bond donors (Lipinski definition) is 1. The number of H-pyrrole nitrogens is 1. The molecule has 1 fully saturated rings. The second kappa shape index (κ2) is 25.9. The monoisotopic (exact) mass is 698 g/mol. The van der Waals surface area contributed by atoms with Crippen LogP contribution in [0.4, 0.5) is 0 Å². The van der Waals surface area contributed by atoms with Crippen LogP contribution in [-0.4, -0.2) is 52.6 Å². The molecule has 1 aromatic rings. The number of ether oxygens (including phenoxy) is 2. The third-order valence-electron chi connectivity index (χ3n) is 8.32. The molecule has 0 aromatic carbocycles. The molecule has 1 aliphatic heterocycles. The zero-order valence-corrected chi connectivity index (χ0v) is 33.0. The zero-order valence-electron chi connectivity index (χ0n) is 29.3. The average molecular weight is 699 g/mol. The van der Waals surface area contributed by atoms with E-state index in [-0.39, 0.29) is 48.9 Å². The van der Waals surface area contributed by atoms with E-state index in [9.17, 15) is 19.0 Å². The van der Waals surface area contributed by atoms with Gasteiger partial charge in [0.1, 0.15) is 6.23 Å². The number of hydrogen-bond acceptors (Lipinski definition) is 9. The first-order chi connectivity index (χ1) is 21.7. The second-order valence-corrected chi connectivity index (χ2v) is 15.1. The van der Waals surface area contributed by atoms with Gasteiger partial charge in [0.2, 0.25) is 0 Å². The maximum absolute atomic E-state index is 12.3. The predicted molar refractivity (Wildman–Crippen MR) is 181 cm³/mol. The number of unbranched alkanes of at least 4 members (excludes halogenated alkanes) is 11. The van der Waals surface area contributed by atoms with Crippen molar-refractivity contribution in [2.45, 2.75) is 161 Å². The minimum atomic E-state index is -4.51. The number of nitrogens with zero attached hydrogens (tertiary/aromatic N) is 1. The Hall–Kier alpha value is 0.0600. The van der Waals surface area contributed by atoms with Crippen LogP contribution in [0.5, 0.6) is 0 Å². The number of aromatic amines is 1. The van der Waals surface area contributed by atoms with Crippen LogP contribution in [0.3, 0.4) is 0 Å². The van der Waals surface area contributed by atoms with E-state index in [2.05, 4.69) is 25.8 Å². The number of rotatable bonds is 27. The van der Waals surface area contributed by atoms with Gasteiger partial charge in [-0.3, -0.25) is 18.9 Å². The van der Waals surface area contributed by atoms with E-state index in [1.165, 1.54) is 94.2 Å². The van der Waals surface area contributed by atoms with Crippen molar-refractivity contribution in [1.29, 1.82) is 0 Å². The van der Waals surface area contributed by atoms with Crippen LogP contribution in [0.2, 0.25) is 0 Å². The summed E-state index contributed by atoms with van der Waals surface area (Å²) in [5, 5.41) is 0.442. The molecule has 262 valence electrons. The molecule has 0 spiro atoms. The van der Waals surface area contributed by atoms with Crippen LogP contribution >= 0.6 is 19.6 Å². The maximum Gasteiger partial charge on any atom is 1.00 e. The van der Waals surface area contributed by atoms with Crippen LogP contribution in [0.15, 0.2) is 15.8 Å². The minimum Gasteiger partial charge on any atom is -0.756 e. The number of aromatic nitrogens is 2. The van der Waals surface area contributed by atoms with E-state index < -0.39 is 31.4 Å². The SMILES string of the molecule is CCCCCCCCCCSC(CCCCCCC)C(C)OCCCOP(=O)([O-])OC[C@@H]1CC[C@H](n2cc(C)c(=O)[nH]c2=O)O1.[Na+]. The molecule has 2 rings (SSSR count). The van der Waals surface area contributed by atoms with E-state index >= 15 is 0 Å². The van der Waals surface area contributed by atoms with Crippen LogP contribution in [-0.2, 0) is 23.1 Å². The molecule has 5 atom stereocenters. The van der Waals surface area contributed by atoms with Gasteiger partial charge in [-0.2, -0.15) is 11.8 Å². The van der Waals surface area contributed by atoms with Crippen molar-refractivity contribution in [3.63, 3.8) is 0 Å². The fourth-order valence-corrected chi connectivity index (χ4v) is 7.64. The topological polar surface area (TPSA) is 132 Å². The normalized spacial score (nSPS) is 19.1. The van der Waals surface area contributed by atoms with Crippen molar-refractivity contribution in [1.82, 2.24) is 9.55 Å². The van der Waals surface area contributed by atoms with Gasteiger partial charge in [0.05, 0.1) is 25.4 Å². The van der Waals surface area contributed by atoms with Gasteiger partial charge in [0, 0.05) is 23.6 Å².